The van der Waals surface area contributed by atoms with Gasteiger partial charge >= 0.3 is 5.97 Å². The molecule has 1 aromatic heterocycles. The van der Waals surface area contributed by atoms with Crippen LogP contribution in [0.5, 0.6) is 0 Å². The first-order valence-electron chi connectivity index (χ1n) is 6.71. The van der Waals surface area contributed by atoms with Gasteiger partial charge in [-0.1, -0.05) is 37.0 Å². The molecule has 1 amide bonds. The van der Waals surface area contributed by atoms with Crippen molar-refractivity contribution in [2.24, 2.45) is 12.5 Å². The van der Waals surface area contributed by atoms with Gasteiger partial charge in [0.1, 0.15) is 16.9 Å². The third kappa shape index (κ3) is 2.77. The van der Waals surface area contributed by atoms with Crippen LogP contribution in [0.15, 0.2) is 6.07 Å². The van der Waals surface area contributed by atoms with Gasteiger partial charge in [-0.05, 0) is 24.3 Å². The van der Waals surface area contributed by atoms with Crippen LogP contribution in [0.1, 0.15) is 37.2 Å². The quantitative estimate of drug-likeness (QED) is 0.905. The van der Waals surface area contributed by atoms with Crippen molar-refractivity contribution >= 4 is 35.1 Å². The highest BCUT2D eigenvalue weighted by Crippen LogP contribution is 2.36. The molecule has 2 rings (SSSR count). The molecule has 1 aromatic rings. The number of hydrogen-bond acceptors (Lipinski definition) is 2. The van der Waals surface area contributed by atoms with E-state index in [9.17, 15) is 14.7 Å². The normalized spacial score (nSPS) is 21.4. The van der Waals surface area contributed by atoms with Crippen LogP contribution in [-0.4, -0.2) is 39.0 Å². The van der Waals surface area contributed by atoms with Gasteiger partial charge in [-0.25, -0.2) is 4.79 Å². The predicted octanol–water partition coefficient (Wildman–Crippen LogP) is 3.05. The van der Waals surface area contributed by atoms with E-state index in [0.29, 0.717) is 12.2 Å². The molecule has 1 saturated heterocycles. The van der Waals surface area contributed by atoms with Crippen molar-refractivity contribution in [3.05, 3.63) is 21.9 Å². The number of carbonyl (C=O) groups excluding carboxylic acids is 1. The number of aliphatic carboxylic acids is 1. The van der Waals surface area contributed by atoms with Gasteiger partial charge in [-0.3, -0.25) is 4.79 Å². The Kier molecular flexibility index (Phi) is 4.26. The Hall–Kier alpha value is -1.20. The lowest BCUT2D eigenvalue weighted by atomic mass is 9.76. The minimum Gasteiger partial charge on any atom is -0.480 e. The number of halogens is 2. The summed E-state index contributed by atoms with van der Waals surface area (Å²) in [6.45, 7) is 4.16. The Labute approximate surface area is 133 Å². The van der Waals surface area contributed by atoms with E-state index in [4.69, 9.17) is 23.2 Å². The fourth-order valence-electron chi connectivity index (χ4n) is 2.97. The van der Waals surface area contributed by atoms with E-state index in [1.807, 2.05) is 13.8 Å². The monoisotopic (exact) mass is 332 g/mol. The van der Waals surface area contributed by atoms with Gasteiger partial charge < -0.3 is 14.6 Å². The van der Waals surface area contributed by atoms with E-state index >= 15 is 0 Å². The van der Waals surface area contributed by atoms with E-state index in [2.05, 4.69) is 0 Å². The third-order valence-electron chi connectivity index (χ3n) is 4.10. The van der Waals surface area contributed by atoms with E-state index in [1.165, 1.54) is 15.5 Å². The first-order valence-corrected chi connectivity index (χ1v) is 7.47. The second-order valence-corrected chi connectivity index (χ2v) is 6.82. The number of rotatable bonds is 2. The van der Waals surface area contributed by atoms with Crippen molar-refractivity contribution in [1.82, 2.24) is 9.47 Å². The highest BCUT2D eigenvalue weighted by Gasteiger charge is 2.45. The van der Waals surface area contributed by atoms with Crippen molar-refractivity contribution in [3.63, 3.8) is 0 Å². The van der Waals surface area contributed by atoms with Gasteiger partial charge in [0, 0.05) is 13.6 Å². The molecule has 0 saturated carbocycles. The average molecular weight is 333 g/mol. The molecule has 116 valence electrons. The SMILES string of the molecule is Cn1c(C(=O)N2CCCC(C)(C)C2C(=O)O)cc(Cl)c1Cl. The first-order chi connectivity index (χ1) is 9.66. The van der Waals surface area contributed by atoms with Crippen molar-refractivity contribution in [2.45, 2.75) is 32.7 Å². The zero-order valence-corrected chi connectivity index (χ0v) is 13.7. The molecule has 1 unspecified atom stereocenters. The number of aromatic nitrogens is 1. The number of piperidine rings is 1. The highest BCUT2D eigenvalue weighted by atomic mass is 35.5. The van der Waals surface area contributed by atoms with Gasteiger partial charge in [0.15, 0.2) is 0 Å². The number of carboxylic acid groups (broad SMARTS) is 1. The molecule has 21 heavy (non-hydrogen) atoms. The molecule has 1 N–H and O–H groups in total. The maximum Gasteiger partial charge on any atom is 0.326 e. The maximum absolute atomic E-state index is 12.7. The fourth-order valence-corrected chi connectivity index (χ4v) is 3.35. The average Bonchev–Trinajstić information content (AvgIpc) is 2.63. The van der Waals surface area contributed by atoms with E-state index in [-0.39, 0.29) is 16.1 Å². The zero-order valence-electron chi connectivity index (χ0n) is 12.2. The molecule has 0 bridgehead atoms. The second kappa shape index (κ2) is 5.54. The van der Waals surface area contributed by atoms with Gasteiger partial charge in [0.25, 0.3) is 5.91 Å². The Bertz CT molecular complexity index is 595. The fraction of sp³-hybridized carbons (Fsp3) is 0.571. The summed E-state index contributed by atoms with van der Waals surface area (Å²) >= 11 is 11.9. The first kappa shape index (κ1) is 16.2. The predicted molar refractivity (Wildman–Crippen MR) is 80.9 cm³/mol. The largest absolute Gasteiger partial charge is 0.480 e. The van der Waals surface area contributed by atoms with E-state index in [0.717, 1.165) is 12.8 Å². The van der Waals surface area contributed by atoms with Crippen LogP contribution in [0.4, 0.5) is 0 Å². The Morgan fingerprint density at radius 2 is 2.00 bits per heavy atom. The summed E-state index contributed by atoms with van der Waals surface area (Å²) < 4.78 is 1.48. The second-order valence-electron chi connectivity index (χ2n) is 6.06. The number of carboxylic acids is 1. The van der Waals surface area contributed by atoms with Crippen LogP contribution in [0, 0.1) is 5.41 Å². The van der Waals surface area contributed by atoms with Gasteiger partial charge in [0.2, 0.25) is 0 Å². The number of carbonyl (C=O) groups is 2. The summed E-state index contributed by atoms with van der Waals surface area (Å²) in [5, 5.41) is 10.1. The minimum atomic E-state index is -0.987. The van der Waals surface area contributed by atoms with Gasteiger partial charge in [-0.2, -0.15) is 0 Å². The topological polar surface area (TPSA) is 62.5 Å². The molecule has 0 aliphatic carbocycles. The van der Waals surface area contributed by atoms with Crippen molar-refractivity contribution in [1.29, 1.82) is 0 Å². The molecule has 1 aliphatic rings. The van der Waals surface area contributed by atoms with Gasteiger partial charge in [-0.15, -0.1) is 0 Å². The Morgan fingerprint density at radius 3 is 2.48 bits per heavy atom. The zero-order chi connectivity index (χ0) is 15.9. The summed E-state index contributed by atoms with van der Waals surface area (Å²) in [7, 11) is 1.63. The lowest BCUT2D eigenvalue weighted by molar-refractivity contribution is -0.148. The molecule has 5 nitrogen and oxygen atoms in total. The summed E-state index contributed by atoms with van der Waals surface area (Å²) in [6, 6.07) is 0.624. The molecule has 0 radical (unpaired) electrons. The summed E-state index contributed by atoms with van der Waals surface area (Å²) in [6.07, 6.45) is 1.54. The maximum atomic E-state index is 12.7. The van der Waals surface area contributed by atoms with Crippen LogP contribution in [0.25, 0.3) is 0 Å². The molecule has 0 spiro atoms. The van der Waals surface area contributed by atoms with Crippen LogP contribution < -0.4 is 0 Å². The Morgan fingerprint density at radius 1 is 1.38 bits per heavy atom. The van der Waals surface area contributed by atoms with Crippen LogP contribution in [-0.2, 0) is 11.8 Å². The van der Waals surface area contributed by atoms with E-state index in [1.54, 1.807) is 7.05 Å². The molecule has 1 atom stereocenters. The van der Waals surface area contributed by atoms with E-state index < -0.39 is 17.4 Å². The molecular weight excluding hydrogens is 315 g/mol. The summed E-state index contributed by atoms with van der Waals surface area (Å²) in [4.78, 5) is 25.7. The number of amides is 1. The number of nitrogens with zero attached hydrogens (tertiary/aromatic N) is 2. The molecule has 7 heteroatoms. The third-order valence-corrected chi connectivity index (χ3v) is 4.94. The minimum absolute atomic E-state index is 0.267. The summed E-state index contributed by atoms with van der Waals surface area (Å²) in [5.74, 6) is -1.34. The molecule has 1 aliphatic heterocycles. The number of hydrogen-bond donors (Lipinski definition) is 1. The smallest absolute Gasteiger partial charge is 0.326 e. The van der Waals surface area contributed by atoms with Crippen LogP contribution >= 0.6 is 23.2 Å². The highest BCUT2D eigenvalue weighted by molar-refractivity contribution is 6.41. The molecule has 0 aromatic carbocycles. The lowest BCUT2D eigenvalue weighted by Gasteiger charge is -2.43. The lowest BCUT2D eigenvalue weighted by Crippen LogP contribution is -2.56. The van der Waals surface area contributed by atoms with Crippen molar-refractivity contribution < 1.29 is 14.7 Å². The van der Waals surface area contributed by atoms with Crippen LogP contribution in [0.3, 0.4) is 0 Å². The number of likely N-dealkylation sites (tertiary alicyclic amines) is 1. The standard InChI is InChI=1S/C14H18Cl2N2O3/c1-14(2)5-4-6-18(10(14)13(20)21)12(19)9-7-8(15)11(16)17(9)3/h7,10H,4-6H2,1-3H3,(H,20,21). The molecular formula is C14H18Cl2N2O3. The molecule has 1 fully saturated rings. The molecule has 2 heterocycles. The van der Waals surface area contributed by atoms with Gasteiger partial charge in [0.05, 0.1) is 5.02 Å². The summed E-state index contributed by atoms with van der Waals surface area (Å²) in [5.41, 5.74) is -0.174. The van der Waals surface area contributed by atoms with Crippen molar-refractivity contribution in [2.75, 3.05) is 6.54 Å². The Balaban J connectivity index is 2.41. The van der Waals surface area contributed by atoms with Crippen LogP contribution in [0.2, 0.25) is 10.2 Å². The van der Waals surface area contributed by atoms with Crippen molar-refractivity contribution in [3.8, 4) is 0 Å².